The topological polar surface area (TPSA) is 191 Å². The van der Waals surface area contributed by atoms with Gasteiger partial charge in [-0.2, -0.15) is 0 Å². The second kappa shape index (κ2) is 9.51. The van der Waals surface area contributed by atoms with Gasteiger partial charge < -0.3 is 54.9 Å². The number of hydrogen-bond donors (Lipinski definition) is 9. The Hall–Kier alpha value is -7.14. The zero-order chi connectivity index (χ0) is 35.2. The quantitative estimate of drug-likeness (QED) is 0.0745. The van der Waals surface area contributed by atoms with Gasteiger partial charge in [0.2, 0.25) is 17.2 Å². The van der Waals surface area contributed by atoms with E-state index in [0.717, 1.165) is 61.5 Å². The fourth-order valence-corrected chi connectivity index (χ4v) is 8.24. The molecule has 0 spiro atoms. The van der Waals surface area contributed by atoms with Crippen molar-refractivity contribution < 1.29 is 46.0 Å². The molecular formula is C40H26N2O9. The van der Waals surface area contributed by atoms with Crippen molar-refractivity contribution in [2.24, 2.45) is 0 Å². The number of hydrogen-bond acceptors (Lipinski definition) is 9. The Labute approximate surface area is 285 Å². The van der Waals surface area contributed by atoms with E-state index in [2.05, 4.69) is 46.9 Å². The smallest absolute Gasteiger partial charge is 0.208 e. The van der Waals surface area contributed by atoms with Crippen LogP contribution in [-0.4, -0.2) is 54.9 Å². The summed E-state index contributed by atoms with van der Waals surface area (Å²) in [5, 5.41) is 106. The molecule has 3 aromatic heterocycles. The molecule has 6 aromatic carbocycles. The fourth-order valence-electron chi connectivity index (χ4n) is 8.24. The second-order valence-electron chi connectivity index (χ2n) is 13.0. The van der Waals surface area contributed by atoms with E-state index in [9.17, 15) is 46.0 Å². The zero-order valence-corrected chi connectivity index (χ0v) is 26.3. The number of nitrogens with zero attached hydrogens (tertiary/aromatic N) is 2. The van der Waals surface area contributed by atoms with Gasteiger partial charge in [-0.3, -0.25) is 0 Å². The lowest BCUT2D eigenvalue weighted by molar-refractivity contribution is 0.329. The van der Waals surface area contributed by atoms with Gasteiger partial charge in [0.15, 0.2) is 34.5 Å². The third-order valence-electron chi connectivity index (χ3n) is 10.4. The lowest BCUT2D eigenvalue weighted by Crippen LogP contribution is -2.27. The van der Waals surface area contributed by atoms with Crippen molar-refractivity contribution in [3.8, 4) is 68.6 Å². The largest absolute Gasteiger partial charge is 0.504 e. The number of phenolic OH excluding ortho intramolecular Hbond substituents is 9. The van der Waals surface area contributed by atoms with E-state index >= 15 is 0 Å². The summed E-state index contributed by atoms with van der Waals surface area (Å²) in [5.41, 5.74) is 0.901. The minimum atomic E-state index is -1.28. The Kier molecular flexibility index (Phi) is 5.38. The third kappa shape index (κ3) is 3.36. The summed E-state index contributed by atoms with van der Waals surface area (Å²) in [6, 6.07) is 21.7. The SMILES string of the molecule is Oc1c(O)c(O)c(-c2c(O)c(O)c(-n3c4ccccc4c4cc5ccc6c(c5cc43)c3cccc4c5c(n6c43)=CCCC=5)c(O)c2O)c(O)c1O. The number of aromatic hydroxyl groups is 9. The molecule has 9 aromatic rings. The number of para-hydroxylation sites is 2. The van der Waals surface area contributed by atoms with E-state index in [1.165, 1.54) is 15.2 Å². The van der Waals surface area contributed by atoms with Crippen LogP contribution in [0, 0.1) is 0 Å². The average molecular weight is 679 g/mol. The Morgan fingerprint density at radius 3 is 1.78 bits per heavy atom. The maximum absolute atomic E-state index is 11.6. The molecule has 3 heterocycles. The van der Waals surface area contributed by atoms with E-state index in [4.69, 9.17) is 0 Å². The lowest BCUT2D eigenvalue weighted by atomic mass is 9.97. The standard InChI is InChI=1S/C40H26N2O9/c43-32-28(29-34(45)38(49)40(51)39(50)35(29)46)33(44)37(48)31(36(32)47)42-24-11-4-2-7-18(24)22-14-16-12-13-25-27(21(16)15-26(22)42)20-9-5-8-19-17-6-1-3-10-23(17)41(25)30(19)20/h2,4-15,43-51H,1,3H2. The van der Waals surface area contributed by atoms with Gasteiger partial charge in [-0.15, -0.1) is 0 Å². The molecule has 0 aliphatic heterocycles. The normalized spacial score (nSPS) is 13.2. The lowest BCUT2D eigenvalue weighted by Gasteiger charge is -2.19. The number of aromatic nitrogens is 2. The van der Waals surface area contributed by atoms with Crippen molar-refractivity contribution >= 4 is 71.9 Å². The summed E-state index contributed by atoms with van der Waals surface area (Å²) >= 11 is 0. The summed E-state index contributed by atoms with van der Waals surface area (Å²) in [7, 11) is 0. The van der Waals surface area contributed by atoms with Gasteiger partial charge in [0, 0.05) is 37.5 Å². The molecule has 0 atom stereocenters. The molecule has 0 saturated carbocycles. The van der Waals surface area contributed by atoms with Gasteiger partial charge in [-0.1, -0.05) is 54.6 Å². The predicted molar refractivity (Wildman–Crippen MR) is 193 cm³/mol. The van der Waals surface area contributed by atoms with Crippen molar-refractivity contribution in [2.75, 3.05) is 0 Å². The van der Waals surface area contributed by atoms with Crippen LogP contribution in [0.25, 0.3) is 88.7 Å². The zero-order valence-electron chi connectivity index (χ0n) is 26.3. The van der Waals surface area contributed by atoms with Crippen molar-refractivity contribution in [1.82, 2.24) is 8.97 Å². The van der Waals surface area contributed by atoms with E-state index in [1.807, 2.05) is 24.3 Å². The number of phenols is 9. The summed E-state index contributed by atoms with van der Waals surface area (Å²) in [6.45, 7) is 0. The van der Waals surface area contributed by atoms with Crippen LogP contribution >= 0.6 is 0 Å². The van der Waals surface area contributed by atoms with Gasteiger partial charge in [-0.25, -0.2) is 0 Å². The van der Waals surface area contributed by atoms with E-state index in [-0.39, 0.29) is 0 Å². The Balaban J connectivity index is 1.34. The first kappa shape index (κ1) is 28.8. The Morgan fingerprint density at radius 2 is 1.06 bits per heavy atom. The minimum absolute atomic E-state index is 0.411. The first-order valence-electron chi connectivity index (χ1n) is 16.1. The molecule has 9 N–H and O–H groups in total. The predicted octanol–water partition coefficient (Wildman–Crippen LogP) is 6.31. The summed E-state index contributed by atoms with van der Waals surface area (Å²) in [4.78, 5) is 0. The first-order chi connectivity index (χ1) is 24.6. The van der Waals surface area contributed by atoms with Gasteiger partial charge in [0.05, 0.1) is 33.2 Å². The molecule has 1 aliphatic carbocycles. The van der Waals surface area contributed by atoms with Crippen molar-refractivity contribution in [3.05, 3.63) is 77.3 Å². The van der Waals surface area contributed by atoms with Crippen LogP contribution in [0.2, 0.25) is 0 Å². The summed E-state index contributed by atoms with van der Waals surface area (Å²) in [6.07, 6.45) is 6.49. The molecule has 11 heteroatoms. The number of fused-ring (bicyclic) bond motifs is 11. The van der Waals surface area contributed by atoms with Crippen LogP contribution in [0.3, 0.4) is 0 Å². The highest BCUT2D eigenvalue weighted by Gasteiger charge is 2.34. The van der Waals surface area contributed by atoms with Crippen LogP contribution in [0.5, 0.6) is 51.7 Å². The first-order valence-corrected chi connectivity index (χ1v) is 16.1. The van der Waals surface area contributed by atoms with Gasteiger partial charge in [0.25, 0.3) is 0 Å². The molecular weight excluding hydrogens is 652 g/mol. The molecule has 0 unspecified atom stereocenters. The Morgan fingerprint density at radius 1 is 0.451 bits per heavy atom. The van der Waals surface area contributed by atoms with Crippen LogP contribution in [0.4, 0.5) is 0 Å². The molecule has 10 rings (SSSR count). The fraction of sp³-hybridized carbons (Fsp3) is 0.0500. The molecule has 0 saturated heterocycles. The molecule has 0 fully saturated rings. The summed E-state index contributed by atoms with van der Waals surface area (Å²) < 4.78 is 3.81. The molecule has 0 bridgehead atoms. The van der Waals surface area contributed by atoms with E-state index in [0.29, 0.717) is 11.0 Å². The molecule has 11 nitrogen and oxygen atoms in total. The highest BCUT2D eigenvalue weighted by molar-refractivity contribution is 6.26. The highest BCUT2D eigenvalue weighted by atomic mass is 16.4. The van der Waals surface area contributed by atoms with Gasteiger partial charge in [-0.05, 0) is 47.9 Å². The Bertz CT molecular complexity index is 3130. The number of benzene rings is 6. The minimum Gasteiger partial charge on any atom is -0.504 e. The molecule has 1 aliphatic rings. The second-order valence-corrected chi connectivity index (χ2v) is 13.0. The van der Waals surface area contributed by atoms with Crippen LogP contribution in [0.1, 0.15) is 12.8 Å². The van der Waals surface area contributed by atoms with Crippen molar-refractivity contribution in [2.45, 2.75) is 12.8 Å². The maximum Gasteiger partial charge on any atom is 0.208 e. The monoisotopic (exact) mass is 678 g/mol. The van der Waals surface area contributed by atoms with E-state index in [1.54, 1.807) is 12.1 Å². The van der Waals surface area contributed by atoms with Crippen LogP contribution < -0.4 is 10.6 Å². The van der Waals surface area contributed by atoms with Crippen LogP contribution in [0.15, 0.2) is 66.7 Å². The van der Waals surface area contributed by atoms with Crippen molar-refractivity contribution in [1.29, 1.82) is 0 Å². The van der Waals surface area contributed by atoms with Gasteiger partial charge in [0.1, 0.15) is 5.69 Å². The van der Waals surface area contributed by atoms with Gasteiger partial charge >= 0.3 is 0 Å². The van der Waals surface area contributed by atoms with Crippen molar-refractivity contribution in [3.63, 3.8) is 0 Å². The summed E-state index contributed by atoms with van der Waals surface area (Å²) in [5.74, 6) is -10.4. The highest BCUT2D eigenvalue weighted by Crippen LogP contribution is 2.62. The molecule has 250 valence electrons. The third-order valence-corrected chi connectivity index (χ3v) is 10.4. The maximum atomic E-state index is 11.6. The molecule has 51 heavy (non-hydrogen) atoms. The molecule has 0 radical (unpaired) electrons. The average Bonchev–Trinajstić information content (AvgIpc) is 3.78. The van der Waals surface area contributed by atoms with E-state index < -0.39 is 68.6 Å². The number of rotatable bonds is 2. The molecule has 0 amide bonds. The van der Waals surface area contributed by atoms with Crippen LogP contribution in [-0.2, 0) is 0 Å².